The summed E-state index contributed by atoms with van der Waals surface area (Å²) in [7, 11) is 1.37. The predicted molar refractivity (Wildman–Crippen MR) is 57.4 cm³/mol. The van der Waals surface area contributed by atoms with Gasteiger partial charge in [-0.25, -0.2) is 0 Å². The average Bonchev–Trinajstić information content (AvgIpc) is 2.17. The summed E-state index contributed by atoms with van der Waals surface area (Å²) in [6.07, 6.45) is 0. The maximum absolute atomic E-state index is 4.90. The quantitative estimate of drug-likeness (QED) is 0.613. The summed E-state index contributed by atoms with van der Waals surface area (Å²) in [6, 6.07) is 14.6. The highest BCUT2D eigenvalue weighted by Gasteiger charge is 1.93. The first-order valence-corrected chi connectivity index (χ1v) is 5.43. The third kappa shape index (κ3) is 1.45. The third-order valence-corrected chi connectivity index (χ3v) is 2.84. The summed E-state index contributed by atoms with van der Waals surface area (Å²) < 4.78 is 0. The Morgan fingerprint density at radius 1 is 0.917 bits per heavy atom. The molecule has 12 heavy (non-hydrogen) atoms. The Bertz CT molecular complexity index is 396. The van der Waals surface area contributed by atoms with E-state index in [9.17, 15) is 0 Å². The second-order valence-electron chi connectivity index (χ2n) is 2.59. The lowest BCUT2D eigenvalue weighted by atomic mass is 10.1. The fraction of sp³-hybridized carbons (Fsp3) is 0. The van der Waals surface area contributed by atoms with Crippen molar-refractivity contribution in [3.8, 4) is 0 Å². The maximum Gasteiger partial charge on any atom is 0.0197 e. The molecule has 0 nitrogen and oxygen atoms in total. The van der Waals surface area contributed by atoms with Crippen LogP contribution in [0.5, 0.6) is 0 Å². The van der Waals surface area contributed by atoms with Crippen LogP contribution in [0.4, 0.5) is 0 Å². The van der Waals surface area contributed by atoms with Gasteiger partial charge in [0.15, 0.2) is 0 Å². The average molecular weight is 191 g/mol. The Morgan fingerprint density at radius 3 is 2.42 bits per heavy atom. The lowest BCUT2D eigenvalue weighted by Crippen LogP contribution is -1.71. The SMILES string of the molecule is [S]Sc1ccc2ccccc2c1. The van der Waals surface area contributed by atoms with Gasteiger partial charge in [-0.2, -0.15) is 0 Å². The van der Waals surface area contributed by atoms with Crippen molar-refractivity contribution in [2.45, 2.75) is 4.90 Å². The van der Waals surface area contributed by atoms with E-state index < -0.39 is 0 Å². The van der Waals surface area contributed by atoms with Crippen molar-refractivity contribution in [1.29, 1.82) is 0 Å². The topological polar surface area (TPSA) is 0 Å². The molecule has 0 amide bonds. The molecule has 1 radical (unpaired) electrons. The van der Waals surface area contributed by atoms with Gasteiger partial charge in [-0.3, -0.25) is 0 Å². The predicted octanol–water partition coefficient (Wildman–Crippen LogP) is 4.04. The Hall–Kier alpha value is -0.600. The second-order valence-corrected chi connectivity index (χ2v) is 3.73. The lowest BCUT2D eigenvalue weighted by molar-refractivity contribution is 1.52. The number of benzene rings is 2. The minimum absolute atomic E-state index is 1.14. The van der Waals surface area contributed by atoms with Gasteiger partial charge in [0.1, 0.15) is 0 Å². The van der Waals surface area contributed by atoms with Crippen LogP contribution in [0.2, 0.25) is 0 Å². The monoisotopic (exact) mass is 191 g/mol. The van der Waals surface area contributed by atoms with Crippen LogP contribution in [0.15, 0.2) is 47.4 Å². The zero-order valence-corrected chi connectivity index (χ0v) is 7.99. The fourth-order valence-corrected chi connectivity index (χ4v) is 1.83. The largest absolute Gasteiger partial charge is 0.0616 e. The Morgan fingerprint density at radius 2 is 1.67 bits per heavy atom. The molecule has 0 spiro atoms. The summed E-state index contributed by atoms with van der Waals surface area (Å²) in [4.78, 5) is 1.14. The van der Waals surface area contributed by atoms with Gasteiger partial charge >= 0.3 is 0 Å². The van der Waals surface area contributed by atoms with E-state index in [0.29, 0.717) is 0 Å². The molecule has 2 aromatic carbocycles. The minimum atomic E-state index is 1.14. The molecule has 0 aliphatic carbocycles. The van der Waals surface area contributed by atoms with Crippen molar-refractivity contribution in [2.75, 3.05) is 0 Å². The molecule has 0 unspecified atom stereocenters. The van der Waals surface area contributed by atoms with Crippen molar-refractivity contribution in [1.82, 2.24) is 0 Å². The summed E-state index contributed by atoms with van der Waals surface area (Å²) >= 11 is 4.90. The van der Waals surface area contributed by atoms with Crippen molar-refractivity contribution in [2.24, 2.45) is 0 Å². The van der Waals surface area contributed by atoms with Crippen LogP contribution < -0.4 is 0 Å². The highest BCUT2D eigenvalue weighted by atomic mass is 33.1. The van der Waals surface area contributed by atoms with Gasteiger partial charge in [0.25, 0.3) is 0 Å². The molecule has 0 heterocycles. The molecule has 0 aliphatic heterocycles. The van der Waals surface area contributed by atoms with E-state index in [-0.39, 0.29) is 0 Å². The highest BCUT2D eigenvalue weighted by molar-refractivity contribution is 8.68. The molecule has 2 rings (SSSR count). The van der Waals surface area contributed by atoms with Crippen LogP contribution in [-0.4, -0.2) is 0 Å². The number of hydrogen-bond acceptors (Lipinski definition) is 1. The molecule has 0 saturated carbocycles. The van der Waals surface area contributed by atoms with Crippen molar-refractivity contribution < 1.29 is 0 Å². The summed E-state index contributed by atoms with van der Waals surface area (Å²) in [5.74, 6) is 0. The molecule has 0 saturated heterocycles. The second kappa shape index (κ2) is 3.42. The number of fused-ring (bicyclic) bond motifs is 1. The summed E-state index contributed by atoms with van der Waals surface area (Å²) in [5.41, 5.74) is 0. The highest BCUT2D eigenvalue weighted by Crippen LogP contribution is 2.25. The van der Waals surface area contributed by atoms with Crippen LogP contribution in [-0.2, 0) is 0 Å². The number of hydrogen-bond donors (Lipinski definition) is 0. The van der Waals surface area contributed by atoms with Crippen molar-refractivity contribution >= 4 is 33.2 Å². The van der Waals surface area contributed by atoms with Gasteiger partial charge in [0.05, 0.1) is 0 Å². The van der Waals surface area contributed by atoms with E-state index >= 15 is 0 Å². The minimum Gasteiger partial charge on any atom is -0.0616 e. The first-order valence-electron chi connectivity index (χ1n) is 3.69. The first kappa shape index (κ1) is 8.02. The van der Waals surface area contributed by atoms with Crippen molar-refractivity contribution in [3.63, 3.8) is 0 Å². The van der Waals surface area contributed by atoms with Crippen LogP contribution in [0.1, 0.15) is 0 Å². The summed E-state index contributed by atoms with van der Waals surface area (Å²) in [6.45, 7) is 0. The molecular weight excluding hydrogens is 184 g/mol. The number of rotatable bonds is 1. The molecule has 0 atom stereocenters. The Labute approximate surface area is 80.8 Å². The van der Waals surface area contributed by atoms with Crippen molar-refractivity contribution in [3.05, 3.63) is 42.5 Å². The Balaban J connectivity index is 2.67. The zero-order chi connectivity index (χ0) is 8.39. The Kier molecular flexibility index (Phi) is 2.28. The molecule has 2 aromatic rings. The van der Waals surface area contributed by atoms with Gasteiger partial charge in [0.2, 0.25) is 0 Å². The van der Waals surface area contributed by atoms with E-state index in [4.69, 9.17) is 11.7 Å². The molecule has 0 aliphatic rings. The van der Waals surface area contributed by atoms with Gasteiger partial charge in [-0.1, -0.05) is 30.3 Å². The lowest BCUT2D eigenvalue weighted by Gasteiger charge is -1.98. The zero-order valence-electron chi connectivity index (χ0n) is 6.36. The fourth-order valence-electron chi connectivity index (χ4n) is 1.22. The molecular formula is C10H7S2. The molecule has 0 N–H and O–H groups in total. The van der Waals surface area contributed by atoms with Gasteiger partial charge in [-0.05, 0) is 45.4 Å². The smallest absolute Gasteiger partial charge is 0.0197 e. The van der Waals surface area contributed by atoms with Gasteiger partial charge < -0.3 is 0 Å². The first-order chi connectivity index (χ1) is 5.90. The maximum atomic E-state index is 4.90. The van der Waals surface area contributed by atoms with E-state index in [2.05, 4.69) is 30.3 Å². The van der Waals surface area contributed by atoms with Gasteiger partial charge in [-0.15, -0.1) is 0 Å². The van der Waals surface area contributed by atoms with Crippen LogP contribution in [0, 0.1) is 0 Å². The molecule has 0 aromatic heterocycles. The molecule has 0 fully saturated rings. The van der Waals surface area contributed by atoms with Crippen LogP contribution in [0.25, 0.3) is 10.8 Å². The van der Waals surface area contributed by atoms with Gasteiger partial charge in [0, 0.05) is 4.90 Å². The summed E-state index contributed by atoms with van der Waals surface area (Å²) in [5, 5.41) is 2.53. The molecule has 59 valence electrons. The van der Waals surface area contributed by atoms with E-state index in [0.717, 1.165) is 4.90 Å². The van der Waals surface area contributed by atoms with Crippen LogP contribution >= 0.6 is 22.5 Å². The van der Waals surface area contributed by atoms with E-state index in [1.807, 2.05) is 12.1 Å². The van der Waals surface area contributed by atoms with E-state index in [1.54, 1.807) is 0 Å². The molecule has 2 heteroatoms. The standard InChI is InChI=1S/C10H7S2/c11-12-10-6-5-8-3-1-2-4-9(8)7-10/h1-7H. The molecule has 0 bridgehead atoms. The third-order valence-electron chi connectivity index (χ3n) is 1.82. The normalized spacial score (nSPS) is 10.4. The van der Waals surface area contributed by atoms with E-state index in [1.165, 1.54) is 21.6 Å². The van der Waals surface area contributed by atoms with Crippen LogP contribution in [0.3, 0.4) is 0 Å².